The molecule has 0 aliphatic rings. The number of methoxy groups -OCH3 is 1. The summed E-state index contributed by atoms with van der Waals surface area (Å²) in [6, 6.07) is 3.25. The Bertz CT molecular complexity index is 594. The number of fused-ring (bicyclic) bond motifs is 1. The van der Waals surface area contributed by atoms with Crippen LogP contribution in [0.4, 0.5) is 0 Å². The summed E-state index contributed by atoms with van der Waals surface area (Å²) in [5, 5.41) is 0. The summed E-state index contributed by atoms with van der Waals surface area (Å²) >= 11 is 5.87. The summed E-state index contributed by atoms with van der Waals surface area (Å²) in [6.45, 7) is 3.63. The SMILES string of the molecule is COC(=O)C(C)n1c(CCl)nc2ccc(C)nc21. The van der Waals surface area contributed by atoms with Gasteiger partial charge in [-0.3, -0.25) is 4.57 Å². The van der Waals surface area contributed by atoms with Gasteiger partial charge < -0.3 is 4.74 Å². The van der Waals surface area contributed by atoms with E-state index in [1.807, 2.05) is 19.1 Å². The number of hydrogen-bond donors (Lipinski definition) is 0. The second kappa shape index (κ2) is 4.94. The van der Waals surface area contributed by atoms with E-state index in [4.69, 9.17) is 16.3 Å². The van der Waals surface area contributed by atoms with Crippen molar-refractivity contribution in [1.29, 1.82) is 0 Å². The van der Waals surface area contributed by atoms with Crippen molar-refractivity contribution >= 4 is 28.7 Å². The van der Waals surface area contributed by atoms with Gasteiger partial charge in [-0.2, -0.15) is 0 Å². The number of rotatable bonds is 3. The summed E-state index contributed by atoms with van der Waals surface area (Å²) in [7, 11) is 1.36. The summed E-state index contributed by atoms with van der Waals surface area (Å²) in [5.41, 5.74) is 2.25. The number of imidazole rings is 1. The molecule has 0 radical (unpaired) electrons. The smallest absolute Gasteiger partial charge is 0.328 e. The molecule has 0 aromatic carbocycles. The lowest BCUT2D eigenvalue weighted by atomic mass is 10.3. The number of alkyl halides is 1. The number of aryl methyl sites for hydroxylation is 1. The molecule has 18 heavy (non-hydrogen) atoms. The Hall–Kier alpha value is -1.62. The Morgan fingerprint density at radius 1 is 1.50 bits per heavy atom. The normalized spacial score (nSPS) is 12.7. The van der Waals surface area contributed by atoms with Gasteiger partial charge >= 0.3 is 5.97 Å². The topological polar surface area (TPSA) is 57.0 Å². The van der Waals surface area contributed by atoms with Crippen molar-refractivity contribution in [3.05, 3.63) is 23.7 Å². The van der Waals surface area contributed by atoms with Crippen LogP contribution in [-0.4, -0.2) is 27.6 Å². The first kappa shape index (κ1) is 12.8. The number of pyridine rings is 1. The van der Waals surface area contributed by atoms with Gasteiger partial charge in [0, 0.05) is 5.69 Å². The number of halogens is 1. The standard InChI is InChI=1S/C12H14ClN3O2/c1-7-4-5-9-11(14-7)16(10(6-13)15-9)8(2)12(17)18-3/h4-5,8H,6H2,1-3H3. The van der Waals surface area contributed by atoms with Gasteiger partial charge in [0.15, 0.2) is 5.65 Å². The van der Waals surface area contributed by atoms with E-state index < -0.39 is 6.04 Å². The van der Waals surface area contributed by atoms with Gasteiger partial charge in [-0.05, 0) is 26.0 Å². The number of nitrogens with zero attached hydrogens (tertiary/aromatic N) is 3. The first-order valence-corrected chi connectivity index (χ1v) is 6.10. The van der Waals surface area contributed by atoms with E-state index in [2.05, 4.69) is 9.97 Å². The van der Waals surface area contributed by atoms with E-state index in [-0.39, 0.29) is 11.8 Å². The zero-order valence-corrected chi connectivity index (χ0v) is 11.2. The summed E-state index contributed by atoms with van der Waals surface area (Å²) in [6.07, 6.45) is 0. The largest absolute Gasteiger partial charge is 0.467 e. The average molecular weight is 268 g/mol. The Labute approximate surface area is 110 Å². The number of esters is 1. The minimum absolute atomic E-state index is 0.219. The lowest BCUT2D eigenvalue weighted by Crippen LogP contribution is -2.19. The molecule has 0 saturated carbocycles. The van der Waals surface area contributed by atoms with Gasteiger partial charge in [0.25, 0.3) is 0 Å². The van der Waals surface area contributed by atoms with Crippen molar-refractivity contribution in [2.75, 3.05) is 7.11 Å². The Morgan fingerprint density at radius 2 is 2.22 bits per heavy atom. The molecule has 2 aromatic heterocycles. The molecule has 0 spiro atoms. The summed E-state index contributed by atoms with van der Waals surface area (Å²) in [5.74, 6) is 0.489. The van der Waals surface area contributed by atoms with Crippen LogP contribution in [0.5, 0.6) is 0 Å². The first-order valence-electron chi connectivity index (χ1n) is 5.56. The third-order valence-electron chi connectivity index (χ3n) is 2.80. The Morgan fingerprint density at radius 3 is 2.83 bits per heavy atom. The van der Waals surface area contributed by atoms with Gasteiger partial charge in [-0.15, -0.1) is 11.6 Å². The summed E-state index contributed by atoms with van der Waals surface area (Å²) < 4.78 is 6.48. The van der Waals surface area contributed by atoms with Gasteiger partial charge in [0.1, 0.15) is 17.4 Å². The lowest BCUT2D eigenvalue weighted by Gasteiger charge is -2.13. The van der Waals surface area contributed by atoms with Crippen molar-refractivity contribution in [2.45, 2.75) is 25.8 Å². The fraction of sp³-hybridized carbons (Fsp3) is 0.417. The second-order valence-electron chi connectivity index (χ2n) is 4.03. The van der Waals surface area contributed by atoms with Gasteiger partial charge in [0.05, 0.1) is 13.0 Å². The molecule has 6 heteroatoms. The third kappa shape index (κ3) is 2.06. The van der Waals surface area contributed by atoms with Crippen molar-refractivity contribution in [2.24, 2.45) is 0 Å². The maximum Gasteiger partial charge on any atom is 0.328 e. The number of aromatic nitrogens is 3. The minimum Gasteiger partial charge on any atom is -0.467 e. The number of carbonyl (C=O) groups is 1. The quantitative estimate of drug-likeness (QED) is 0.632. The third-order valence-corrected chi connectivity index (χ3v) is 3.04. The predicted molar refractivity (Wildman–Crippen MR) is 68.5 cm³/mol. The number of carbonyl (C=O) groups excluding carboxylic acids is 1. The first-order chi connectivity index (χ1) is 8.58. The molecule has 2 aromatic rings. The fourth-order valence-electron chi connectivity index (χ4n) is 1.89. The molecule has 2 heterocycles. The van der Waals surface area contributed by atoms with Crippen molar-refractivity contribution in [1.82, 2.24) is 14.5 Å². The van der Waals surface area contributed by atoms with Crippen LogP contribution in [0.3, 0.4) is 0 Å². The van der Waals surface area contributed by atoms with Crippen molar-refractivity contribution in [3.8, 4) is 0 Å². The van der Waals surface area contributed by atoms with E-state index in [0.29, 0.717) is 11.5 Å². The van der Waals surface area contributed by atoms with E-state index in [0.717, 1.165) is 11.2 Å². The van der Waals surface area contributed by atoms with E-state index >= 15 is 0 Å². The highest BCUT2D eigenvalue weighted by Gasteiger charge is 2.22. The highest BCUT2D eigenvalue weighted by Crippen LogP contribution is 2.22. The molecule has 0 bridgehead atoms. The zero-order valence-electron chi connectivity index (χ0n) is 10.5. The van der Waals surface area contributed by atoms with Crippen LogP contribution < -0.4 is 0 Å². The second-order valence-corrected chi connectivity index (χ2v) is 4.29. The van der Waals surface area contributed by atoms with Crippen molar-refractivity contribution in [3.63, 3.8) is 0 Å². The molecule has 2 rings (SSSR count). The summed E-state index contributed by atoms with van der Waals surface area (Å²) in [4.78, 5) is 20.5. The maximum absolute atomic E-state index is 11.7. The zero-order chi connectivity index (χ0) is 13.3. The fourth-order valence-corrected chi connectivity index (χ4v) is 2.08. The lowest BCUT2D eigenvalue weighted by molar-refractivity contribution is -0.143. The Balaban J connectivity index is 2.65. The molecule has 1 atom stereocenters. The molecule has 0 amide bonds. The predicted octanol–water partition coefficient (Wildman–Crippen LogP) is 2.21. The molecule has 5 nitrogen and oxygen atoms in total. The minimum atomic E-state index is -0.497. The van der Waals surface area contributed by atoms with E-state index in [9.17, 15) is 4.79 Å². The molecule has 0 aliphatic heterocycles. The molecular formula is C12H14ClN3O2. The van der Waals surface area contributed by atoms with Crippen LogP contribution in [0, 0.1) is 6.92 Å². The molecular weight excluding hydrogens is 254 g/mol. The molecule has 1 unspecified atom stereocenters. The van der Waals surface area contributed by atoms with Gasteiger partial charge in [-0.25, -0.2) is 14.8 Å². The molecule has 96 valence electrons. The number of hydrogen-bond acceptors (Lipinski definition) is 4. The highest BCUT2D eigenvalue weighted by atomic mass is 35.5. The molecule has 0 N–H and O–H groups in total. The van der Waals surface area contributed by atoms with Crippen LogP contribution >= 0.6 is 11.6 Å². The van der Waals surface area contributed by atoms with E-state index in [1.54, 1.807) is 11.5 Å². The monoisotopic (exact) mass is 267 g/mol. The van der Waals surface area contributed by atoms with Crippen LogP contribution in [0.15, 0.2) is 12.1 Å². The average Bonchev–Trinajstić information content (AvgIpc) is 2.74. The Kier molecular flexibility index (Phi) is 3.52. The van der Waals surface area contributed by atoms with Gasteiger partial charge in [0.2, 0.25) is 0 Å². The molecule has 0 saturated heterocycles. The van der Waals surface area contributed by atoms with Gasteiger partial charge in [-0.1, -0.05) is 0 Å². The van der Waals surface area contributed by atoms with E-state index in [1.165, 1.54) is 7.11 Å². The van der Waals surface area contributed by atoms with Crippen LogP contribution in [0.1, 0.15) is 24.5 Å². The molecule has 0 fully saturated rings. The maximum atomic E-state index is 11.7. The van der Waals surface area contributed by atoms with Crippen molar-refractivity contribution < 1.29 is 9.53 Å². The van der Waals surface area contributed by atoms with Crippen LogP contribution in [-0.2, 0) is 15.4 Å². The number of ether oxygens (including phenoxy) is 1. The highest BCUT2D eigenvalue weighted by molar-refractivity contribution is 6.16. The van der Waals surface area contributed by atoms with Crippen LogP contribution in [0.2, 0.25) is 0 Å². The molecule has 0 aliphatic carbocycles. The van der Waals surface area contributed by atoms with Crippen LogP contribution in [0.25, 0.3) is 11.2 Å².